The number of hydrogen-bond acceptors (Lipinski definition) is 3. The van der Waals surface area contributed by atoms with Gasteiger partial charge in [0.25, 0.3) is 0 Å². The lowest BCUT2D eigenvalue weighted by Gasteiger charge is -2.28. The molecule has 0 amide bonds. The molecule has 0 heterocycles. The summed E-state index contributed by atoms with van der Waals surface area (Å²) in [5, 5.41) is 8.43. The van der Waals surface area contributed by atoms with Crippen molar-refractivity contribution in [3.8, 4) is 6.07 Å². The van der Waals surface area contributed by atoms with E-state index in [0.717, 1.165) is 62.8 Å². The van der Waals surface area contributed by atoms with Gasteiger partial charge in [0.15, 0.2) is 0 Å². The molecule has 0 aromatic heterocycles. The molecule has 3 nitrogen and oxygen atoms in total. The first-order chi connectivity index (χ1) is 11.9. The maximum Gasteiger partial charge on any atom is 0.416 e. The van der Waals surface area contributed by atoms with Crippen LogP contribution in [0.4, 0.5) is 13.2 Å². The molecule has 0 aliphatic heterocycles. The van der Waals surface area contributed by atoms with Crippen LogP contribution in [0.5, 0.6) is 0 Å². The second-order valence-corrected chi connectivity index (χ2v) is 6.23. The van der Waals surface area contributed by atoms with E-state index in [1.54, 1.807) is 0 Å². The van der Waals surface area contributed by atoms with Gasteiger partial charge in [-0.1, -0.05) is 6.08 Å². The predicted molar refractivity (Wildman–Crippen MR) is 86.6 cm³/mol. The Kier molecular flexibility index (Phi) is 6.63. The summed E-state index contributed by atoms with van der Waals surface area (Å²) in [5.74, 6) is -0.0153. The van der Waals surface area contributed by atoms with Crippen molar-refractivity contribution < 1.29 is 22.7 Å². The maximum atomic E-state index is 12.5. The van der Waals surface area contributed by atoms with E-state index >= 15 is 0 Å². The summed E-state index contributed by atoms with van der Waals surface area (Å²) in [6, 6.07) is 6.05. The van der Waals surface area contributed by atoms with Gasteiger partial charge >= 0.3 is 12.1 Å². The zero-order valence-corrected chi connectivity index (χ0v) is 13.8. The van der Waals surface area contributed by atoms with E-state index in [2.05, 4.69) is 0 Å². The Morgan fingerprint density at radius 2 is 1.84 bits per heavy atom. The van der Waals surface area contributed by atoms with E-state index in [0.29, 0.717) is 5.92 Å². The first-order valence-electron chi connectivity index (χ1n) is 8.33. The molecule has 1 aromatic rings. The molecule has 0 saturated heterocycles. The summed E-state index contributed by atoms with van der Waals surface area (Å²) < 4.78 is 43.0. The largest absolute Gasteiger partial charge is 0.459 e. The fraction of sp³-hybridized carbons (Fsp3) is 0.474. The average Bonchev–Trinajstić information content (AvgIpc) is 2.59. The molecule has 134 valence electrons. The van der Waals surface area contributed by atoms with Crippen molar-refractivity contribution in [3.05, 3.63) is 47.5 Å². The van der Waals surface area contributed by atoms with Gasteiger partial charge in [0, 0.05) is 6.08 Å². The van der Waals surface area contributed by atoms with Crippen LogP contribution in [0.2, 0.25) is 0 Å². The number of nitriles is 1. The number of ether oxygens (including phenoxy) is 1. The van der Waals surface area contributed by atoms with Gasteiger partial charge in [0.2, 0.25) is 0 Å². The third-order valence-corrected chi connectivity index (χ3v) is 4.45. The van der Waals surface area contributed by atoms with Gasteiger partial charge in [-0.3, -0.25) is 0 Å². The van der Waals surface area contributed by atoms with Crippen molar-refractivity contribution in [3.63, 3.8) is 0 Å². The number of halogens is 3. The lowest BCUT2D eigenvalue weighted by Crippen LogP contribution is -2.24. The molecule has 1 aliphatic carbocycles. The first kappa shape index (κ1) is 19.0. The summed E-state index contributed by atoms with van der Waals surface area (Å²) in [4.78, 5) is 12.1. The smallest absolute Gasteiger partial charge is 0.416 e. The lowest BCUT2D eigenvalue weighted by molar-refractivity contribution is -0.137. The van der Waals surface area contributed by atoms with Crippen LogP contribution in [0.3, 0.4) is 0 Å². The van der Waals surface area contributed by atoms with Crippen LogP contribution in [0.1, 0.15) is 54.4 Å². The Labute approximate surface area is 145 Å². The number of hydrogen-bond donors (Lipinski definition) is 0. The third kappa shape index (κ3) is 5.93. The summed E-state index contributed by atoms with van der Waals surface area (Å²) in [7, 11) is 0. The molecule has 0 atom stereocenters. The molecule has 1 saturated carbocycles. The Hall–Kier alpha value is -2.29. The van der Waals surface area contributed by atoms with E-state index < -0.39 is 17.7 Å². The van der Waals surface area contributed by atoms with Crippen LogP contribution < -0.4 is 0 Å². The topological polar surface area (TPSA) is 50.1 Å². The highest BCUT2D eigenvalue weighted by atomic mass is 19.4. The van der Waals surface area contributed by atoms with E-state index in [9.17, 15) is 18.0 Å². The Morgan fingerprint density at radius 1 is 1.20 bits per heavy atom. The summed E-state index contributed by atoms with van der Waals surface area (Å²) in [6.45, 7) is 0. The fourth-order valence-electron chi connectivity index (χ4n) is 3.02. The monoisotopic (exact) mass is 351 g/mol. The number of benzene rings is 1. The Bertz CT molecular complexity index is 636. The van der Waals surface area contributed by atoms with Crippen molar-refractivity contribution in [1.29, 1.82) is 5.26 Å². The second-order valence-electron chi connectivity index (χ2n) is 6.23. The minimum atomic E-state index is -4.41. The van der Waals surface area contributed by atoms with Crippen molar-refractivity contribution >= 4 is 5.97 Å². The predicted octanol–water partition coefficient (Wildman–Crippen LogP) is 5.28. The highest BCUT2D eigenvalue weighted by Crippen LogP contribution is 2.31. The second kappa shape index (κ2) is 8.70. The zero-order valence-electron chi connectivity index (χ0n) is 13.8. The van der Waals surface area contributed by atoms with Crippen LogP contribution in [0.25, 0.3) is 0 Å². The van der Waals surface area contributed by atoms with E-state index in [1.807, 2.05) is 12.1 Å². The fourth-order valence-corrected chi connectivity index (χ4v) is 3.02. The molecular formula is C19H20F3NO2. The highest BCUT2D eigenvalue weighted by molar-refractivity contribution is 5.89. The molecule has 0 radical (unpaired) electrons. The van der Waals surface area contributed by atoms with Gasteiger partial charge in [-0.05, 0) is 68.7 Å². The Morgan fingerprint density at radius 3 is 2.40 bits per heavy atom. The standard InChI is InChI=1S/C19H20F3NO2/c20-19(21,22)16-9-7-15(8-10-16)18(24)25-17-11-5-14(6-12-17)4-2-1-3-13-23/h1,3,7-10,14,17H,2,4-6,11-12H2/t14-,17-. The molecule has 0 N–H and O–H groups in total. The molecule has 0 spiro atoms. The van der Waals surface area contributed by atoms with Crippen LogP contribution >= 0.6 is 0 Å². The van der Waals surface area contributed by atoms with Crippen molar-refractivity contribution in [2.45, 2.75) is 50.8 Å². The quantitative estimate of drug-likeness (QED) is 0.535. The number of alkyl halides is 3. The van der Waals surface area contributed by atoms with Gasteiger partial charge in [0.05, 0.1) is 17.2 Å². The van der Waals surface area contributed by atoms with Crippen LogP contribution in [-0.2, 0) is 10.9 Å². The average molecular weight is 351 g/mol. The molecule has 1 aromatic carbocycles. The third-order valence-electron chi connectivity index (χ3n) is 4.45. The highest BCUT2D eigenvalue weighted by Gasteiger charge is 2.30. The number of rotatable bonds is 5. The number of carbonyl (C=O) groups is 1. The molecule has 25 heavy (non-hydrogen) atoms. The van der Waals surface area contributed by atoms with E-state index in [4.69, 9.17) is 10.00 Å². The van der Waals surface area contributed by atoms with E-state index in [1.165, 1.54) is 6.08 Å². The zero-order chi connectivity index (χ0) is 18.3. The number of esters is 1. The van der Waals surface area contributed by atoms with Crippen LogP contribution in [-0.4, -0.2) is 12.1 Å². The lowest BCUT2D eigenvalue weighted by atomic mass is 9.84. The minimum absolute atomic E-state index is 0.136. The van der Waals surface area contributed by atoms with Crippen LogP contribution in [0.15, 0.2) is 36.4 Å². The van der Waals surface area contributed by atoms with Gasteiger partial charge in [0.1, 0.15) is 6.10 Å². The molecule has 2 rings (SSSR count). The number of allylic oxidation sites excluding steroid dienone is 2. The summed E-state index contributed by atoms with van der Waals surface area (Å²) in [5.41, 5.74) is -0.647. The molecule has 6 heteroatoms. The molecular weight excluding hydrogens is 331 g/mol. The normalized spacial score (nSPS) is 21.0. The van der Waals surface area contributed by atoms with Gasteiger partial charge in [-0.2, -0.15) is 18.4 Å². The molecule has 0 bridgehead atoms. The number of nitrogens with zero attached hydrogens (tertiary/aromatic N) is 1. The number of carbonyl (C=O) groups excluding carboxylic acids is 1. The Balaban J connectivity index is 1.78. The van der Waals surface area contributed by atoms with Crippen LogP contribution in [0, 0.1) is 17.2 Å². The maximum absolute atomic E-state index is 12.5. The van der Waals surface area contributed by atoms with Crippen molar-refractivity contribution in [2.75, 3.05) is 0 Å². The van der Waals surface area contributed by atoms with E-state index in [-0.39, 0.29) is 11.7 Å². The molecule has 0 unspecified atom stereocenters. The van der Waals surface area contributed by atoms with Gasteiger partial charge in [-0.15, -0.1) is 0 Å². The minimum Gasteiger partial charge on any atom is -0.459 e. The van der Waals surface area contributed by atoms with Crippen molar-refractivity contribution in [1.82, 2.24) is 0 Å². The SMILES string of the molecule is N#CC=CCC[C@H]1CC[C@H](OC(=O)c2ccc(C(F)(F)F)cc2)CC1. The van der Waals surface area contributed by atoms with Gasteiger partial charge in [-0.25, -0.2) is 4.79 Å². The van der Waals surface area contributed by atoms with Gasteiger partial charge < -0.3 is 4.74 Å². The molecule has 1 aliphatic rings. The summed E-state index contributed by atoms with van der Waals surface area (Å²) >= 11 is 0. The van der Waals surface area contributed by atoms with Crippen molar-refractivity contribution in [2.24, 2.45) is 5.92 Å². The summed E-state index contributed by atoms with van der Waals surface area (Å²) in [6.07, 6.45) is 4.05. The first-order valence-corrected chi connectivity index (χ1v) is 8.33. The molecule has 1 fully saturated rings.